The van der Waals surface area contributed by atoms with Crippen LogP contribution in [0.2, 0.25) is 0 Å². The van der Waals surface area contributed by atoms with E-state index in [1.807, 2.05) is 18.2 Å². The van der Waals surface area contributed by atoms with E-state index in [0.717, 1.165) is 41.6 Å². The number of fused-ring (bicyclic) bond motifs is 1. The number of methoxy groups -OCH3 is 1. The first-order chi connectivity index (χ1) is 8.76. The second-order valence-corrected chi connectivity index (χ2v) is 5.03. The molecular formula is C14H19N3O. The first-order valence-electron chi connectivity index (χ1n) is 6.49. The summed E-state index contributed by atoms with van der Waals surface area (Å²) in [7, 11) is 3.88. The van der Waals surface area contributed by atoms with Crippen molar-refractivity contribution < 1.29 is 4.74 Å². The number of aromatic nitrogens is 2. The average Bonchev–Trinajstić information content (AvgIpc) is 3.15. The van der Waals surface area contributed by atoms with Crippen LogP contribution in [0.15, 0.2) is 18.2 Å². The minimum atomic E-state index is 0.814. The van der Waals surface area contributed by atoms with Gasteiger partial charge in [-0.3, -0.25) is 0 Å². The molecule has 0 spiro atoms. The van der Waals surface area contributed by atoms with Gasteiger partial charge in [-0.1, -0.05) is 0 Å². The van der Waals surface area contributed by atoms with Gasteiger partial charge in [0.15, 0.2) is 0 Å². The number of H-pyrrole nitrogens is 1. The first-order valence-corrected chi connectivity index (χ1v) is 6.49. The van der Waals surface area contributed by atoms with E-state index in [1.165, 1.54) is 12.8 Å². The normalized spacial score (nSPS) is 15.5. The second kappa shape index (κ2) is 4.61. The molecule has 3 rings (SSSR count). The van der Waals surface area contributed by atoms with Gasteiger partial charge in [0, 0.05) is 25.1 Å². The zero-order chi connectivity index (χ0) is 12.5. The van der Waals surface area contributed by atoms with Crippen LogP contribution in [0.1, 0.15) is 18.7 Å². The molecule has 1 aromatic heterocycles. The molecule has 2 aromatic rings. The van der Waals surface area contributed by atoms with Crippen LogP contribution in [0, 0.1) is 0 Å². The van der Waals surface area contributed by atoms with Crippen molar-refractivity contribution in [3.63, 3.8) is 0 Å². The summed E-state index contributed by atoms with van der Waals surface area (Å²) >= 11 is 0. The standard InChI is InChI=1S/C14H19N3O/c1-17(10-3-4-10)8-7-14-15-12-6-5-11(18-2)9-13(12)16-14/h5-6,9-10H,3-4,7-8H2,1-2H3,(H,15,16). The monoisotopic (exact) mass is 245 g/mol. The molecule has 0 unspecified atom stereocenters. The summed E-state index contributed by atoms with van der Waals surface area (Å²) in [4.78, 5) is 10.4. The molecule has 0 aliphatic heterocycles. The number of hydrogen-bond acceptors (Lipinski definition) is 3. The molecule has 4 nitrogen and oxygen atoms in total. The molecule has 96 valence electrons. The summed E-state index contributed by atoms with van der Waals surface area (Å²) in [5, 5.41) is 0. The van der Waals surface area contributed by atoms with Gasteiger partial charge in [-0.05, 0) is 32.0 Å². The Bertz CT molecular complexity index is 545. The highest BCUT2D eigenvalue weighted by atomic mass is 16.5. The third-order valence-corrected chi connectivity index (χ3v) is 3.61. The summed E-state index contributed by atoms with van der Waals surface area (Å²) in [5.74, 6) is 1.93. The largest absolute Gasteiger partial charge is 0.497 e. The Morgan fingerprint density at radius 1 is 1.44 bits per heavy atom. The fraction of sp³-hybridized carbons (Fsp3) is 0.500. The van der Waals surface area contributed by atoms with Crippen LogP contribution in [0.25, 0.3) is 11.0 Å². The fourth-order valence-corrected chi connectivity index (χ4v) is 2.27. The maximum atomic E-state index is 5.21. The molecule has 1 N–H and O–H groups in total. The smallest absolute Gasteiger partial charge is 0.121 e. The molecule has 4 heteroatoms. The lowest BCUT2D eigenvalue weighted by molar-refractivity contribution is 0.326. The van der Waals surface area contributed by atoms with Crippen LogP contribution in [-0.4, -0.2) is 41.6 Å². The van der Waals surface area contributed by atoms with Gasteiger partial charge in [0.2, 0.25) is 0 Å². The minimum Gasteiger partial charge on any atom is -0.497 e. The molecule has 1 heterocycles. The molecule has 0 radical (unpaired) electrons. The van der Waals surface area contributed by atoms with Crippen LogP contribution in [-0.2, 0) is 6.42 Å². The Labute approximate surface area is 107 Å². The zero-order valence-corrected chi connectivity index (χ0v) is 10.9. The Morgan fingerprint density at radius 2 is 2.28 bits per heavy atom. The molecular weight excluding hydrogens is 226 g/mol. The van der Waals surface area contributed by atoms with Crippen molar-refractivity contribution in [1.82, 2.24) is 14.9 Å². The zero-order valence-electron chi connectivity index (χ0n) is 10.9. The quantitative estimate of drug-likeness (QED) is 0.878. The number of rotatable bonds is 5. The average molecular weight is 245 g/mol. The number of ether oxygens (including phenoxy) is 1. The fourth-order valence-electron chi connectivity index (χ4n) is 2.27. The number of benzene rings is 1. The Hall–Kier alpha value is -1.55. The van der Waals surface area contributed by atoms with Gasteiger partial charge in [-0.25, -0.2) is 4.98 Å². The summed E-state index contributed by atoms with van der Waals surface area (Å²) in [6, 6.07) is 6.76. The van der Waals surface area contributed by atoms with E-state index in [2.05, 4.69) is 21.9 Å². The van der Waals surface area contributed by atoms with E-state index in [9.17, 15) is 0 Å². The molecule has 1 aliphatic rings. The Morgan fingerprint density at radius 3 is 3.00 bits per heavy atom. The number of nitrogens with zero attached hydrogens (tertiary/aromatic N) is 2. The maximum Gasteiger partial charge on any atom is 0.121 e. The predicted molar refractivity (Wildman–Crippen MR) is 72.0 cm³/mol. The van der Waals surface area contributed by atoms with Crippen LogP contribution < -0.4 is 4.74 Å². The summed E-state index contributed by atoms with van der Waals surface area (Å²) in [6.45, 7) is 1.07. The van der Waals surface area contributed by atoms with Crippen molar-refractivity contribution in [1.29, 1.82) is 0 Å². The Kier molecular flexibility index (Phi) is 2.96. The van der Waals surface area contributed by atoms with Crippen molar-refractivity contribution in [2.45, 2.75) is 25.3 Å². The van der Waals surface area contributed by atoms with Crippen molar-refractivity contribution in [2.24, 2.45) is 0 Å². The SMILES string of the molecule is COc1ccc2nc(CCN(C)C3CC3)[nH]c2c1. The number of aromatic amines is 1. The van der Waals surface area contributed by atoms with Gasteiger partial charge in [0.25, 0.3) is 0 Å². The molecule has 0 bridgehead atoms. The first kappa shape index (κ1) is 11.5. The van der Waals surface area contributed by atoms with E-state index >= 15 is 0 Å². The van der Waals surface area contributed by atoms with Crippen LogP contribution >= 0.6 is 0 Å². The summed E-state index contributed by atoms with van der Waals surface area (Å²) in [5.41, 5.74) is 2.07. The molecule has 0 saturated heterocycles. The lowest BCUT2D eigenvalue weighted by atomic mass is 10.3. The molecule has 1 aliphatic carbocycles. The van der Waals surface area contributed by atoms with E-state index < -0.39 is 0 Å². The highest BCUT2D eigenvalue weighted by Crippen LogP contribution is 2.25. The summed E-state index contributed by atoms with van der Waals surface area (Å²) in [6.07, 6.45) is 3.69. The van der Waals surface area contributed by atoms with Crippen molar-refractivity contribution in [3.05, 3.63) is 24.0 Å². The third kappa shape index (κ3) is 2.34. The predicted octanol–water partition coefficient (Wildman–Crippen LogP) is 2.21. The highest BCUT2D eigenvalue weighted by molar-refractivity contribution is 5.76. The van der Waals surface area contributed by atoms with Gasteiger partial charge in [0.05, 0.1) is 18.1 Å². The number of nitrogens with one attached hydrogen (secondary N) is 1. The lowest BCUT2D eigenvalue weighted by Crippen LogP contribution is -2.23. The molecule has 1 saturated carbocycles. The maximum absolute atomic E-state index is 5.21. The van der Waals surface area contributed by atoms with Crippen LogP contribution in [0.5, 0.6) is 5.75 Å². The van der Waals surface area contributed by atoms with E-state index in [4.69, 9.17) is 4.74 Å². The molecule has 0 atom stereocenters. The number of imidazole rings is 1. The van der Waals surface area contributed by atoms with Gasteiger partial charge < -0.3 is 14.6 Å². The lowest BCUT2D eigenvalue weighted by Gasteiger charge is -2.13. The van der Waals surface area contributed by atoms with E-state index in [1.54, 1.807) is 7.11 Å². The number of likely N-dealkylation sites (N-methyl/N-ethyl adjacent to an activating group) is 1. The topological polar surface area (TPSA) is 41.1 Å². The highest BCUT2D eigenvalue weighted by Gasteiger charge is 2.25. The van der Waals surface area contributed by atoms with Gasteiger partial charge >= 0.3 is 0 Å². The van der Waals surface area contributed by atoms with Gasteiger partial charge in [0.1, 0.15) is 11.6 Å². The minimum absolute atomic E-state index is 0.814. The van der Waals surface area contributed by atoms with Crippen molar-refractivity contribution in [2.75, 3.05) is 20.7 Å². The van der Waals surface area contributed by atoms with E-state index in [0.29, 0.717) is 0 Å². The third-order valence-electron chi connectivity index (χ3n) is 3.61. The van der Waals surface area contributed by atoms with Crippen molar-refractivity contribution in [3.8, 4) is 5.75 Å². The second-order valence-electron chi connectivity index (χ2n) is 5.03. The summed E-state index contributed by atoms with van der Waals surface area (Å²) < 4.78 is 5.21. The molecule has 1 fully saturated rings. The molecule has 1 aromatic carbocycles. The molecule has 18 heavy (non-hydrogen) atoms. The van der Waals surface area contributed by atoms with E-state index in [-0.39, 0.29) is 0 Å². The van der Waals surface area contributed by atoms with Crippen molar-refractivity contribution >= 4 is 11.0 Å². The number of hydrogen-bond donors (Lipinski definition) is 1. The van der Waals surface area contributed by atoms with Gasteiger partial charge in [-0.15, -0.1) is 0 Å². The van der Waals surface area contributed by atoms with Gasteiger partial charge in [-0.2, -0.15) is 0 Å². The van der Waals surface area contributed by atoms with Crippen LogP contribution in [0.3, 0.4) is 0 Å². The van der Waals surface area contributed by atoms with Crippen LogP contribution in [0.4, 0.5) is 0 Å². The Balaban J connectivity index is 1.71. The molecule has 0 amide bonds.